The highest BCUT2D eigenvalue weighted by Gasteiger charge is 2.36. The fraction of sp³-hybridized carbons (Fsp3) is 0.0526. The smallest absolute Gasteiger partial charge is 0.0561 e. The maximum atomic E-state index is 2.52. The number of nitrogens with zero attached hydrogens (tertiary/aromatic N) is 2. The monoisotopic (exact) mass is 752 g/mol. The summed E-state index contributed by atoms with van der Waals surface area (Å²) in [6.45, 7) is 4.75. The average Bonchev–Trinajstić information content (AvgIpc) is 3.73. The zero-order valence-corrected chi connectivity index (χ0v) is 33.0. The van der Waals surface area contributed by atoms with Crippen molar-refractivity contribution in [3.8, 4) is 27.9 Å². The van der Waals surface area contributed by atoms with E-state index in [4.69, 9.17) is 0 Å². The van der Waals surface area contributed by atoms with Gasteiger partial charge in [0, 0.05) is 38.8 Å². The Morgan fingerprint density at radius 2 is 0.966 bits per heavy atom. The van der Waals surface area contributed by atoms with Gasteiger partial charge in [-0.2, -0.15) is 0 Å². The second-order valence-electron chi connectivity index (χ2n) is 16.5. The van der Waals surface area contributed by atoms with Gasteiger partial charge < -0.3 is 9.47 Å². The lowest BCUT2D eigenvalue weighted by molar-refractivity contribution is 0.661. The van der Waals surface area contributed by atoms with E-state index >= 15 is 0 Å². The van der Waals surface area contributed by atoms with Crippen LogP contribution < -0.4 is 4.90 Å². The number of hydrogen-bond donors (Lipinski definition) is 0. The first-order chi connectivity index (χ1) is 29.0. The first kappa shape index (κ1) is 33.7. The van der Waals surface area contributed by atoms with Crippen molar-refractivity contribution < 1.29 is 0 Å². The summed E-state index contributed by atoms with van der Waals surface area (Å²) < 4.78 is 2.42. The van der Waals surface area contributed by atoms with Gasteiger partial charge in [0.05, 0.1) is 16.7 Å². The molecular weight excluding hydrogens is 713 g/mol. The van der Waals surface area contributed by atoms with Crippen LogP contribution in [0, 0.1) is 0 Å². The summed E-state index contributed by atoms with van der Waals surface area (Å²) in [6.07, 6.45) is 0. The second-order valence-corrected chi connectivity index (χ2v) is 16.5. The number of aromatic nitrogens is 1. The number of benzene rings is 10. The molecule has 59 heavy (non-hydrogen) atoms. The fourth-order valence-corrected chi connectivity index (χ4v) is 10.1. The van der Waals surface area contributed by atoms with Gasteiger partial charge in [-0.1, -0.05) is 159 Å². The third-order valence-electron chi connectivity index (χ3n) is 12.9. The van der Waals surface area contributed by atoms with Crippen molar-refractivity contribution in [2.45, 2.75) is 19.3 Å². The molecule has 11 aromatic rings. The summed E-state index contributed by atoms with van der Waals surface area (Å²) in [5, 5.41) is 9.94. The summed E-state index contributed by atoms with van der Waals surface area (Å²) >= 11 is 0. The van der Waals surface area contributed by atoms with Gasteiger partial charge in [-0.3, -0.25) is 0 Å². The minimum atomic E-state index is -0.134. The molecule has 0 N–H and O–H groups in total. The number of anilines is 3. The molecule has 0 radical (unpaired) electrons. The Balaban J connectivity index is 1.18. The van der Waals surface area contributed by atoms with Crippen molar-refractivity contribution in [1.82, 2.24) is 4.57 Å². The van der Waals surface area contributed by atoms with Gasteiger partial charge >= 0.3 is 0 Å². The van der Waals surface area contributed by atoms with E-state index in [1.807, 2.05) is 0 Å². The fourth-order valence-electron chi connectivity index (χ4n) is 10.1. The number of fused-ring (bicyclic) bond motifs is 9. The molecule has 0 aliphatic heterocycles. The molecule has 2 nitrogen and oxygen atoms in total. The topological polar surface area (TPSA) is 8.17 Å². The molecule has 0 saturated carbocycles. The molecule has 0 unspecified atom stereocenters. The van der Waals surface area contributed by atoms with E-state index in [0.717, 1.165) is 22.7 Å². The molecule has 0 bridgehead atoms. The molecule has 2 heteroatoms. The van der Waals surface area contributed by atoms with Crippen LogP contribution in [0.5, 0.6) is 0 Å². The van der Waals surface area contributed by atoms with Gasteiger partial charge in [-0.15, -0.1) is 0 Å². The Kier molecular flexibility index (Phi) is 7.31. The average molecular weight is 753 g/mol. The van der Waals surface area contributed by atoms with Crippen LogP contribution in [0.15, 0.2) is 206 Å². The van der Waals surface area contributed by atoms with Crippen LogP contribution >= 0.6 is 0 Å². The normalized spacial score (nSPS) is 13.1. The third-order valence-corrected chi connectivity index (χ3v) is 12.9. The lowest BCUT2D eigenvalue weighted by Gasteiger charge is -2.30. The third kappa shape index (κ3) is 5.06. The van der Waals surface area contributed by atoms with E-state index in [-0.39, 0.29) is 5.41 Å². The molecule has 0 atom stereocenters. The van der Waals surface area contributed by atoms with Crippen molar-refractivity contribution >= 4 is 71.2 Å². The van der Waals surface area contributed by atoms with E-state index in [1.54, 1.807) is 0 Å². The first-order valence-corrected chi connectivity index (χ1v) is 20.6. The molecule has 0 fully saturated rings. The van der Waals surface area contributed by atoms with Crippen LogP contribution in [-0.4, -0.2) is 4.57 Å². The van der Waals surface area contributed by atoms with E-state index in [9.17, 15) is 0 Å². The summed E-state index contributed by atoms with van der Waals surface area (Å²) in [5.41, 5.74) is 14.5. The van der Waals surface area contributed by atoms with Crippen molar-refractivity contribution in [1.29, 1.82) is 0 Å². The Hall–Kier alpha value is -7.42. The van der Waals surface area contributed by atoms with Crippen LogP contribution in [0.25, 0.3) is 82.1 Å². The molecule has 1 aromatic heterocycles. The SMILES string of the molecule is CC1(C)c2ccc(N(c3ccc4c5ccccc5n(-c5ccccc5)c4c3)c3ccc4ccccc4c3-c3cccc4ccccc34)cc2-c2cc3ccccc3cc21. The van der Waals surface area contributed by atoms with Gasteiger partial charge in [0.25, 0.3) is 0 Å². The van der Waals surface area contributed by atoms with Crippen molar-refractivity contribution in [2.24, 2.45) is 0 Å². The maximum absolute atomic E-state index is 2.52. The molecule has 1 aliphatic rings. The quantitative estimate of drug-likeness (QED) is 0.170. The highest BCUT2D eigenvalue weighted by molar-refractivity contribution is 6.13. The minimum Gasteiger partial charge on any atom is -0.310 e. The van der Waals surface area contributed by atoms with Gasteiger partial charge in [0.2, 0.25) is 0 Å². The summed E-state index contributed by atoms with van der Waals surface area (Å²) in [6, 6.07) is 76.4. The Morgan fingerprint density at radius 3 is 1.78 bits per heavy atom. The highest BCUT2D eigenvalue weighted by Crippen LogP contribution is 2.53. The van der Waals surface area contributed by atoms with Crippen molar-refractivity contribution in [3.63, 3.8) is 0 Å². The first-order valence-electron chi connectivity index (χ1n) is 20.6. The maximum Gasteiger partial charge on any atom is 0.0561 e. The van der Waals surface area contributed by atoms with Gasteiger partial charge in [-0.05, 0) is 121 Å². The molecule has 1 heterocycles. The van der Waals surface area contributed by atoms with E-state index in [2.05, 4.69) is 230 Å². The van der Waals surface area contributed by atoms with Crippen LogP contribution in [0.3, 0.4) is 0 Å². The Bertz CT molecular complexity index is 3470. The lowest BCUT2D eigenvalue weighted by Crippen LogP contribution is -2.15. The largest absolute Gasteiger partial charge is 0.310 e. The van der Waals surface area contributed by atoms with E-state index in [0.29, 0.717) is 0 Å². The van der Waals surface area contributed by atoms with E-state index < -0.39 is 0 Å². The molecule has 0 amide bonds. The predicted octanol–water partition coefficient (Wildman–Crippen LogP) is 15.7. The number of rotatable bonds is 5. The number of para-hydroxylation sites is 2. The Labute approximate surface area is 343 Å². The van der Waals surface area contributed by atoms with Crippen LogP contribution in [0.1, 0.15) is 25.0 Å². The van der Waals surface area contributed by atoms with Gasteiger partial charge in [0.15, 0.2) is 0 Å². The molecule has 278 valence electrons. The molecule has 1 aliphatic carbocycles. The Morgan fingerprint density at radius 1 is 0.373 bits per heavy atom. The molecular formula is C57H40N2. The van der Waals surface area contributed by atoms with Crippen LogP contribution in [0.4, 0.5) is 17.1 Å². The molecule has 0 saturated heterocycles. The van der Waals surface area contributed by atoms with Crippen molar-refractivity contribution in [2.75, 3.05) is 4.90 Å². The van der Waals surface area contributed by atoms with Gasteiger partial charge in [-0.25, -0.2) is 0 Å². The van der Waals surface area contributed by atoms with Crippen LogP contribution in [-0.2, 0) is 5.41 Å². The van der Waals surface area contributed by atoms with Crippen LogP contribution in [0.2, 0.25) is 0 Å². The summed E-state index contributed by atoms with van der Waals surface area (Å²) in [4.78, 5) is 2.52. The molecule has 12 rings (SSSR count). The zero-order chi connectivity index (χ0) is 39.2. The highest BCUT2D eigenvalue weighted by atomic mass is 15.1. The van der Waals surface area contributed by atoms with E-state index in [1.165, 1.54) is 87.5 Å². The number of hydrogen-bond acceptors (Lipinski definition) is 1. The standard InChI is InChI=1S/C57H40N2/c1-57(2)51-31-29-42(35-50(51)49-33-39-17-6-7-18-40(39)34-52(49)57)58(43-28-30-47-46-24-12-13-26-53(46)59(55(47)36-43)41-20-4-3-5-21-41)54-32-27-38-16-9-11-23-45(38)56(54)48-25-14-19-37-15-8-10-22-44(37)48/h3-36H,1-2H3. The zero-order valence-electron chi connectivity index (χ0n) is 33.0. The molecule has 10 aromatic carbocycles. The minimum absolute atomic E-state index is 0.134. The van der Waals surface area contributed by atoms with Gasteiger partial charge in [0.1, 0.15) is 0 Å². The molecule has 0 spiro atoms. The second kappa shape index (κ2) is 12.8. The summed E-state index contributed by atoms with van der Waals surface area (Å²) in [5.74, 6) is 0. The van der Waals surface area contributed by atoms with Crippen molar-refractivity contribution in [3.05, 3.63) is 217 Å². The lowest BCUT2D eigenvalue weighted by atomic mass is 9.82. The summed E-state index contributed by atoms with van der Waals surface area (Å²) in [7, 11) is 0. The predicted molar refractivity (Wildman–Crippen MR) is 251 cm³/mol.